The summed E-state index contributed by atoms with van der Waals surface area (Å²) < 4.78 is 30.1. The molecule has 3 heterocycles. The Kier molecular flexibility index (Phi) is 5.52. The average molecular weight is 524 g/mol. The standard InChI is InChI=1S/C26H29N5O5S/c1-15-19(13-36-30-15)17-5-6-20-18(11-17)7-9-26(20)12-21-23(25(33)28-26)24(27-22(32)14-37(2,34)35)31(29-21)10-8-16-3-4-16/h5-6,11,13,16H,3-4,7-10,12,14H2,1-2H3,(H,27,32)(H,28,33)/t26-/m1/s1. The van der Waals surface area contributed by atoms with Crippen LogP contribution >= 0.6 is 0 Å². The summed E-state index contributed by atoms with van der Waals surface area (Å²) >= 11 is 0. The summed E-state index contributed by atoms with van der Waals surface area (Å²) in [5.41, 5.74) is 5.40. The molecule has 2 amide bonds. The highest BCUT2D eigenvalue weighted by molar-refractivity contribution is 7.91. The molecule has 6 rings (SSSR count). The minimum atomic E-state index is -3.52. The van der Waals surface area contributed by atoms with E-state index in [4.69, 9.17) is 9.62 Å². The predicted octanol–water partition coefficient (Wildman–Crippen LogP) is 2.76. The van der Waals surface area contributed by atoms with Crippen molar-refractivity contribution in [2.45, 2.75) is 57.5 Å². The summed E-state index contributed by atoms with van der Waals surface area (Å²) in [6.45, 7) is 2.47. The third-order valence-corrected chi connectivity index (χ3v) is 8.46. The molecule has 1 aliphatic heterocycles. The lowest BCUT2D eigenvalue weighted by atomic mass is 9.82. The average Bonchev–Trinajstić information content (AvgIpc) is 3.32. The van der Waals surface area contributed by atoms with Crippen molar-refractivity contribution in [1.82, 2.24) is 20.3 Å². The molecule has 1 atom stereocenters. The van der Waals surface area contributed by atoms with Crippen LogP contribution in [0.15, 0.2) is 29.0 Å². The van der Waals surface area contributed by atoms with E-state index < -0.39 is 27.0 Å². The monoisotopic (exact) mass is 523 g/mol. The maximum atomic E-state index is 13.6. The summed E-state index contributed by atoms with van der Waals surface area (Å²) in [4.78, 5) is 26.1. The maximum absolute atomic E-state index is 13.6. The zero-order valence-electron chi connectivity index (χ0n) is 20.8. The first kappa shape index (κ1) is 23.9. The Morgan fingerprint density at radius 1 is 1.32 bits per heavy atom. The Hall–Kier alpha value is -3.47. The zero-order valence-corrected chi connectivity index (χ0v) is 21.7. The summed E-state index contributed by atoms with van der Waals surface area (Å²) in [6, 6.07) is 6.23. The fourth-order valence-electron chi connectivity index (χ4n) is 5.69. The number of fused-ring (bicyclic) bond motifs is 3. The Bertz CT molecular complexity index is 1530. The van der Waals surface area contributed by atoms with Gasteiger partial charge in [0.1, 0.15) is 23.4 Å². The molecule has 37 heavy (non-hydrogen) atoms. The number of nitrogens with one attached hydrogen (secondary N) is 2. The van der Waals surface area contributed by atoms with Crippen LogP contribution in [0, 0.1) is 12.8 Å². The minimum absolute atomic E-state index is 0.285. The van der Waals surface area contributed by atoms with Gasteiger partial charge in [-0.3, -0.25) is 9.59 Å². The quantitative estimate of drug-likeness (QED) is 0.486. The molecule has 3 aromatic rings. The van der Waals surface area contributed by atoms with E-state index in [0.717, 1.165) is 53.5 Å². The zero-order chi connectivity index (χ0) is 25.9. The topological polar surface area (TPSA) is 136 Å². The van der Waals surface area contributed by atoms with E-state index in [1.807, 2.05) is 13.0 Å². The number of anilines is 1. The molecule has 1 aromatic carbocycles. The fourth-order valence-corrected chi connectivity index (χ4v) is 6.24. The van der Waals surface area contributed by atoms with E-state index in [-0.39, 0.29) is 11.7 Å². The second kappa shape index (κ2) is 8.54. The van der Waals surface area contributed by atoms with Crippen LogP contribution in [0.1, 0.15) is 58.6 Å². The number of rotatable bonds is 7. The summed E-state index contributed by atoms with van der Waals surface area (Å²) in [7, 11) is -3.52. The first-order valence-electron chi connectivity index (χ1n) is 12.6. The Morgan fingerprint density at radius 3 is 2.84 bits per heavy atom. The maximum Gasteiger partial charge on any atom is 0.257 e. The van der Waals surface area contributed by atoms with Crippen LogP contribution in [0.2, 0.25) is 0 Å². The molecule has 194 valence electrons. The fraction of sp³-hybridized carbons (Fsp3) is 0.462. The molecule has 1 fully saturated rings. The number of aryl methyl sites for hydroxylation is 3. The smallest absolute Gasteiger partial charge is 0.257 e. The second-order valence-electron chi connectivity index (χ2n) is 10.6. The Labute approximate surface area is 214 Å². The number of amides is 2. The highest BCUT2D eigenvalue weighted by atomic mass is 32.2. The number of hydrogen-bond donors (Lipinski definition) is 2. The molecule has 11 heteroatoms. The first-order valence-corrected chi connectivity index (χ1v) is 14.6. The van der Waals surface area contributed by atoms with Gasteiger partial charge >= 0.3 is 0 Å². The summed E-state index contributed by atoms with van der Waals surface area (Å²) in [5.74, 6) is -0.712. The summed E-state index contributed by atoms with van der Waals surface area (Å²) in [6.07, 6.45) is 7.95. The molecule has 0 saturated heterocycles. The number of nitrogens with zero attached hydrogens (tertiary/aromatic N) is 3. The van der Waals surface area contributed by atoms with Gasteiger partial charge in [-0.1, -0.05) is 36.2 Å². The minimum Gasteiger partial charge on any atom is -0.364 e. The molecular formula is C26H29N5O5S. The molecule has 2 aliphatic carbocycles. The highest BCUT2D eigenvalue weighted by Crippen LogP contribution is 2.45. The van der Waals surface area contributed by atoms with Gasteiger partial charge in [0, 0.05) is 24.8 Å². The van der Waals surface area contributed by atoms with E-state index in [2.05, 4.69) is 27.9 Å². The first-order chi connectivity index (χ1) is 17.6. The van der Waals surface area contributed by atoms with Gasteiger partial charge in [-0.25, -0.2) is 13.1 Å². The van der Waals surface area contributed by atoms with Crippen molar-refractivity contribution in [2.75, 3.05) is 17.3 Å². The number of benzene rings is 1. The number of carbonyl (C=O) groups is 2. The number of aromatic nitrogens is 3. The lowest BCUT2D eigenvalue weighted by Gasteiger charge is -2.35. The largest absolute Gasteiger partial charge is 0.364 e. The van der Waals surface area contributed by atoms with E-state index in [9.17, 15) is 18.0 Å². The van der Waals surface area contributed by atoms with Crippen LogP contribution in [0.25, 0.3) is 11.1 Å². The van der Waals surface area contributed by atoms with Crippen molar-refractivity contribution >= 4 is 27.5 Å². The molecule has 3 aliphatic rings. The molecule has 1 spiro atoms. The van der Waals surface area contributed by atoms with Gasteiger partial charge in [-0.2, -0.15) is 5.10 Å². The van der Waals surface area contributed by atoms with Crippen molar-refractivity contribution in [3.63, 3.8) is 0 Å². The van der Waals surface area contributed by atoms with Crippen LogP contribution in [-0.4, -0.2) is 47.2 Å². The van der Waals surface area contributed by atoms with Crippen molar-refractivity contribution in [3.8, 4) is 11.1 Å². The predicted molar refractivity (Wildman–Crippen MR) is 136 cm³/mol. The number of carbonyl (C=O) groups excluding carboxylic acids is 2. The van der Waals surface area contributed by atoms with Gasteiger partial charge in [0.15, 0.2) is 9.84 Å². The molecule has 0 unspecified atom stereocenters. The highest BCUT2D eigenvalue weighted by Gasteiger charge is 2.46. The van der Waals surface area contributed by atoms with E-state index in [1.54, 1.807) is 10.9 Å². The van der Waals surface area contributed by atoms with E-state index >= 15 is 0 Å². The molecule has 2 N–H and O–H groups in total. The second-order valence-corrected chi connectivity index (χ2v) is 12.8. The third kappa shape index (κ3) is 4.45. The van der Waals surface area contributed by atoms with Crippen LogP contribution in [0.3, 0.4) is 0 Å². The molecule has 0 radical (unpaired) electrons. The SMILES string of the molecule is Cc1nocc1-c1ccc2c(c1)CC[C@@]21Cc2nn(CCC3CC3)c(NC(=O)CS(C)(=O)=O)c2C(=O)N1. The van der Waals surface area contributed by atoms with Gasteiger partial charge in [0.2, 0.25) is 5.91 Å². The van der Waals surface area contributed by atoms with E-state index in [0.29, 0.717) is 30.1 Å². The number of sulfone groups is 1. The third-order valence-electron chi connectivity index (χ3n) is 7.67. The van der Waals surface area contributed by atoms with Crippen LogP contribution in [0.5, 0.6) is 0 Å². The summed E-state index contributed by atoms with van der Waals surface area (Å²) in [5, 5.41) is 14.7. The van der Waals surface area contributed by atoms with Gasteiger partial charge < -0.3 is 15.2 Å². The van der Waals surface area contributed by atoms with E-state index in [1.165, 1.54) is 12.8 Å². The molecule has 0 bridgehead atoms. The van der Waals surface area contributed by atoms with Crippen molar-refractivity contribution in [2.24, 2.45) is 5.92 Å². The Morgan fingerprint density at radius 2 is 2.14 bits per heavy atom. The molecule has 2 aromatic heterocycles. The van der Waals surface area contributed by atoms with Crippen molar-refractivity contribution < 1.29 is 22.5 Å². The van der Waals surface area contributed by atoms with Gasteiger partial charge in [-0.05, 0) is 48.8 Å². The number of hydrogen-bond acceptors (Lipinski definition) is 7. The molecule has 10 nitrogen and oxygen atoms in total. The lowest BCUT2D eigenvalue weighted by molar-refractivity contribution is -0.113. The van der Waals surface area contributed by atoms with Gasteiger partial charge in [0.05, 0.1) is 16.9 Å². The van der Waals surface area contributed by atoms with Crippen molar-refractivity contribution in [1.29, 1.82) is 0 Å². The van der Waals surface area contributed by atoms with Gasteiger partial charge in [-0.15, -0.1) is 0 Å². The van der Waals surface area contributed by atoms with Crippen LogP contribution in [0.4, 0.5) is 5.82 Å². The molecular weight excluding hydrogens is 494 g/mol. The lowest BCUT2D eigenvalue weighted by Crippen LogP contribution is -2.49. The van der Waals surface area contributed by atoms with Crippen LogP contribution < -0.4 is 10.6 Å². The normalized spacial score (nSPS) is 20.5. The van der Waals surface area contributed by atoms with Gasteiger partial charge in [0.25, 0.3) is 5.91 Å². The molecule has 1 saturated carbocycles. The van der Waals surface area contributed by atoms with Crippen LogP contribution in [-0.2, 0) is 39.6 Å². The Balaban J connectivity index is 1.34. The van der Waals surface area contributed by atoms with Crippen molar-refractivity contribution in [3.05, 3.63) is 52.5 Å².